The van der Waals surface area contributed by atoms with Gasteiger partial charge >= 0.3 is 0 Å². The first kappa shape index (κ1) is 20.8. The highest BCUT2D eigenvalue weighted by molar-refractivity contribution is 5.94. The number of pyridine rings is 1. The molecule has 1 saturated heterocycles. The molecule has 1 aromatic carbocycles. The first-order valence-corrected chi connectivity index (χ1v) is 10.5. The minimum Gasteiger partial charge on any atom is -0.369 e. The van der Waals surface area contributed by atoms with Gasteiger partial charge in [0.25, 0.3) is 5.91 Å². The van der Waals surface area contributed by atoms with Crippen molar-refractivity contribution in [1.82, 2.24) is 20.1 Å². The summed E-state index contributed by atoms with van der Waals surface area (Å²) in [4.78, 5) is 31.4. The normalized spacial score (nSPS) is 18.5. The molecule has 3 N–H and O–H groups in total. The number of carbonyl (C=O) groups excluding carboxylic acids is 2. The molecule has 31 heavy (non-hydrogen) atoms. The number of primary amides is 1. The molecule has 2 aromatic heterocycles. The number of aromatic nitrogens is 3. The molecule has 0 aliphatic carbocycles. The van der Waals surface area contributed by atoms with Crippen molar-refractivity contribution in [3.05, 3.63) is 71.8 Å². The summed E-state index contributed by atoms with van der Waals surface area (Å²) in [6.07, 6.45) is 4.51. The highest BCUT2D eigenvalue weighted by atomic mass is 16.2. The molecule has 1 aliphatic rings. The largest absolute Gasteiger partial charge is 0.369 e. The van der Waals surface area contributed by atoms with Gasteiger partial charge in [0.05, 0.1) is 5.41 Å². The van der Waals surface area contributed by atoms with Crippen molar-refractivity contribution >= 4 is 11.8 Å². The van der Waals surface area contributed by atoms with Crippen molar-refractivity contribution in [3.63, 3.8) is 0 Å². The minimum atomic E-state index is -0.810. The fraction of sp³-hybridized carbons (Fsp3) is 0.333. The van der Waals surface area contributed by atoms with Crippen molar-refractivity contribution in [2.24, 2.45) is 11.1 Å². The number of rotatable bonds is 6. The van der Waals surface area contributed by atoms with Crippen LogP contribution in [0.4, 0.5) is 0 Å². The number of hydrogen-bond donors (Lipinski definition) is 2. The van der Waals surface area contributed by atoms with E-state index in [1.165, 1.54) is 0 Å². The summed E-state index contributed by atoms with van der Waals surface area (Å²) in [5.41, 5.74) is 9.50. The van der Waals surface area contributed by atoms with Crippen LogP contribution in [0.15, 0.2) is 54.9 Å². The summed E-state index contributed by atoms with van der Waals surface area (Å²) < 4.78 is 0. The Morgan fingerprint density at radius 1 is 1.19 bits per heavy atom. The van der Waals surface area contributed by atoms with Crippen LogP contribution in [0.5, 0.6) is 0 Å². The number of benzene rings is 1. The van der Waals surface area contributed by atoms with Gasteiger partial charge < -0.3 is 10.6 Å². The molecule has 1 atom stereocenters. The van der Waals surface area contributed by atoms with Gasteiger partial charge in [0.1, 0.15) is 5.69 Å². The number of hydrogen-bond acceptors (Lipinski definition) is 4. The lowest BCUT2D eigenvalue weighted by atomic mass is 9.78. The van der Waals surface area contributed by atoms with Gasteiger partial charge in [-0.15, -0.1) is 0 Å². The van der Waals surface area contributed by atoms with Gasteiger partial charge in [0.2, 0.25) is 5.91 Å². The van der Waals surface area contributed by atoms with Crippen molar-refractivity contribution in [2.75, 3.05) is 13.1 Å². The molecular formula is C24H27N5O2. The molecule has 0 saturated carbocycles. The van der Waals surface area contributed by atoms with E-state index in [4.69, 9.17) is 5.73 Å². The molecular weight excluding hydrogens is 390 g/mol. The van der Waals surface area contributed by atoms with Gasteiger partial charge in [-0.25, -0.2) is 0 Å². The number of amides is 2. The van der Waals surface area contributed by atoms with Crippen LogP contribution in [-0.4, -0.2) is 45.0 Å². The molecule has 0 radical (unpaired) electrons. The highest BCUT2D eigenvalue weighted by Crippen LogP contribution is 2.37. The van der Waals surface area contributed by atoms with E-state index >= 15 is 0 Å². The van der Waals surface area contributed by atoms with Crippen LogP contribution in [0.3, 0.4) is 0 Å². The average molecular weight is 418 g/mol. The van der Waals surface area contributed by atoms with E-state index in [-0.39, 0.29) is 24.3 Å². The number of likely N-dealkylation sites (tertiary alicyclic amines) is 1. The Labute approximate surface area is 181 Å². The van der Waals surface area contributed by atoms with Gasteiger partial charge in [0.15, 0.2) is 0 Å². The Hall–Kier alpha value is -3.48. The van der Waals surface area contributed by atoms with E-state index in [1.807, 2.05) is 50.2 Å². The molecule has 7 nitrogen and oxygen atoms in total. The zero-order valence-corrected chi connectivity index (χ0v) is 17.8. The number of H-pyrrole nitrogens is 1. The third-order valence-corrected chi connectivity index (χ3v) is 6.14. The Kier molecular flexibility index (Phi) is 5.59. The topological polar surface area (TPSA) is 105 Å². The van der Waals surface area contributed by atoms with E-state index in [1.54, 1.807) is 23.4 Å². The fourth-order valence-electron chi connectivity index (χ4n) is 4.23. The maximum atomic E-state index is 13.0. The number of nitrogens with one attached hydrogen (secondary N) is 1. The lowest BCUT2D eigenvalue weighted by Crippen LogP contribution is -2.42. The zero-order chi connectivity index (χ0) is 22.0. The SMILES string of the molecule is CC(C)c1cc(C(=O)N2CCC(Cc3ccccc3-c3ccncc3)(C(N)=O)C2)n[nH]1. The van der Waals surface area contributed by atoms with Gasteiger partial charge in [-0.3, -0.25) is 19.7 Å². The predicted molar refractivity (Wildman–Crippen MR) is 118 cm³/mol. The smallest absolute Gasteiger partial charge is 0.274 e. The maximum Gasteiger partial charge on any atom is 0.274 e. The predicted octanol–water partition coefficient (Wildman–Crippen LogP) is 3.16. The second-order valence-corrected chi connectivity index (χ2v) is 8.55. The summed E-state index contributed by atoms with van der Waals surface area (Å²) in [6, 6.07) is 13.7. The Morgan fingerprint density at radius 2 is 1.94 bits per heavy atom. The second-order valence-electron chi connectivity index (χ2n) is 8.55. The molecule has 1 fully saturated rings. The summed E-state index contributed by atoms with van der Waals surface area (Å²) in [6.45, 7) is 4.84. The van der Waals surface area contributed by atoms with Crippen molar-refractivity contribution in [1.29, 1.82) is 0 Å². The highest BCUT2D eigenvalue weighted by Gasteiger charge is 2.45. The number of carbonyl (C=O) groups is 2. The van der Waals surface area contributed by atoms with Gasteiger partial charge in [-0.1, -0.05) is 38.1 Å². The van der Waals surface area contributed by atoms with Gasteiger partial charge in [-0.2, -0.15) is 5.10 Å². The molecule has 7 heteroatoms. The molecule has 1 aliphatic heterocycles. The lowest BCUT2D eigenvalue weighted by Gasteiger charge is -2.27. The van der Waals surface area contributed by atoms with Crippen LogP contribution in [0.25, 0.3) is 11.1 Å². The van der Waals surface area contributed by atoms with Crippen molar-refractivity contribution in [2.45, 2.75) is 32.6 Å². The number of nitrogens with zero attached hydrogens (tertiary/aromatic N) is 3. The molecule has 4 rings (SSSR count). The van der Waals surface area contributed by atoms with Gasteiger partial charge in [-0.05, 0) is 53.6 Å². The monoisotopic (exact) mass is 417 g/mol. The fourth-order valence-corrected chi connectivity index (χ4v) is 4.23. The number of nitrogens with two attached hydrogens (primary N) is 1. The molecule has 0 spiro atoms. The number of aromatic amines is 1. The zero-order valence-electron chi connectivity index (χ0n) is 17.8. The minimum absolute atomic E-state index is 0.173. The first-order chi connectivity index (χ1) is 14.9. The molecule has 2 amide bonds. The standard InChI is InChI=1S/C24H27N5O2/c1-16(2)20-13-21(28-27-20)22(30)29-12-9-24(15-29,23(25)31)14-18-5-3-4-6-19(18)17-7-10-26-11-8-17/h3-8,10-11,13,16H,9,12,14-15H2,1-2H3,(H2,25,31)(H,27,28). The quantitative estimate of drug-likeness (QED) is 0.643. The van der Waals surface area contributed by atoms with Crippen molar-refractivity contribution in [3.8, 4) is 11.1 Å². The van der Waals surface area contributed by atoms with Crippen LogP contribution in [0, 0.1) is 5.41 Å². The summed E-state index contributed by atoms with van der Waals surface area (Å²) in [5.74, 6) is -0.298. The molecule has 0 bridgehead atoms. The van der Waals surface area contributed by atoms with E-state index < -0.39 is 5.41 Å². The summed E-state index contributed by atoms with van der Waals surface area (Å²) >= 11 is 0. The van der Waals surface area contributed by atoms with Crippen LogP contribution in [0.1, 0.15) is 47.9 Å². The summed E-state index contributed by atoms with van der Waals surface area (Å²) in [5, 5.41) is 7.10. The first-order valence-electron chi connectivity index (χ1n) is 10.5. The Balaban J connectivity index is 1.59. The Bertz CT molecular complexity index is 1090. The molecule has 3 heterocycles. The van der Waals surface area contributed by atoms with E-state index in [0.717, 1.165) is 22.4 Å². The van der Waals surface area contributed by atoms with E-state index in [9.17, 15) is 9.59 Å². The molecule has 3 aromatic rings. The average Bonchev–Trinajstić information content (AvgIpc) is 3.43. The van der Waals surface area contributed by atoms with Crippen LogP contribution < -0.4 is 5.73 Å². The van der Waals surface area contributed by atoms with Gasteiger partial charge in [0, 0.05) is 31.2 Å². The maximum absolute atomic E-state index is 13.0. The van der Waals surface area contributed by atoms with E-state index in [0.29, 0.717) is 25.1 Å². The summed E-state index contributed by atoms with van der Waals surface area (Å²) in [7, 11) is 0. The molecule has 1 unspecified atom stereocenters. The van der Waals surface area contributed by atoms with E-state index in [2.05, 4.69) is 15.2 Å². The third-order valence-electron chi connectivity index (χ3n) is 6.14. The molecule has 160 valence electrons. The van der Waals surface area contributed by atoms with Crippen LogP contribution in [0.2, 0.25) is 0 Å². The van der Waals surface area contributed by atoms with Crippen molar-refractivity contribution < 1.29 is 9.59 Å². The van der Waals surface area contributed by atoms with Crippen LogP contribution in [-0.2, 0) is 11.2 Å². The lowest BCUT2D eigenvalue weighted by molar-refractivity contribution is -0.126. The van der Waals surface area contributed by atoms with Crippen LogP contribution >= 0.6 is 0 Å². The second kappa shape index (κ2) is 8.34. The third kappa shape index (κ3) is 4.08. The Morgan fingerprint density at radius 3 is 2.61 bits per heavy atom.